The van der Waals surface area contributed by atoms with E-state index in [4.69, 9.17) is 11.6 Å². The standard InChI is InChI=1S/C18H11ClF4N4OS2/c19-13-7-16(30(28)26-17-24-9-25-29-17)14(20)6-11(13)8-27-4-3-10-5-12(18(21,22)23)1-2-15(10)27/h1-7,9H,8H2,(H,24,25,26). The summed E-state index contributed by atoms with van der Waals surface area (Å²) in [6.45, 7) is 0.126. The fourth-order valence-electron chi connectivity index (χ4n) is 2.88. The van der Waals surface area contributed by atoms with Crippen LogP contribution in [0.25, 0.3) is 10.9 Å². The number of fused-ring (bicyclic) bond motifs is 1. The lowest BCUT2D eigenvalue weighted by molar-refractivity contribution is -0.137. The number of hydrogen-bond donors (Lipinski definition) is 1. The van der Waals surface area contributed by atoms with Crippen LogP contribution in [0.15, 0.2) is 53.8 Å². The van der Waals surface area contributed by atoms with Crippen LogP contribution >= 0.6 is 23.1 Å². The summed E-state index contributed by atoms with van der Waals surface area (Å²) in [6, 6.07) is 7.37. The van der Waals surface area contributed by atoms with Crippen molar-refractivity contribution in [3.8, 4) is 0 Å². The fraction of sp³-hybridized carbons (Fsp3) is 0.111. The Morgan fingerprint density at radius 2 is 2.00 bits per heavy atom. The van der Waals surface area contributed by atoms with Gasteiger partial charge in [-0.1, -0.05) is 11.6 Å². The summed E-state index contributed by atoms with van der Waals surface area (Å²) >= 11 is 7.24. The zero-order chi connectivity index (χ0) is 21.5. The zero-order valence-corrected chi connectivity index (χ0v) is 17.2. The highest BCUT2D eigenvalue weighted by Gasteiger charge is 2.30. The number of nitrogens with one attached hydrogen (secondary N) is 1. The van der Waals surface area contributed by atoms with Crippen molar-refractivity contribution >= 4 is 50.2 Å². The van der Waals surface area contributed by atoms with E-state index in [9.17, 15) is 21.8 Å². The SMILES string of the molecule is O=S(Nc1ncns1)c1cc(Cl)c(Cn2ccc3cc(C(F)(F)F)ccc32)cc1F. The summed E-state index contributed by atoms with van der Waals surface area (Å²) in [4.78, 5) is 3.68. The van der Waals surface area contributed by atoms with Crippen LogP contribution in [-0.2, 0) is 23.7 Å². The van der Waals surface area contributed by atoms with Crippen molar-refractivity contribution in [2.75, 3.05) is 4.72 Å². The number of rotatable bonds is 5. The molecule has 0 aliphatic rings. The van der Waals surface area contributed by atoms with E-state index in [0.717, 1.165) is 29.7 Å². The summed E-state index contributed by atoms with van der Waals surface area (Å²) in [5.41, 5.74) is 0.194. The molecule has 0 saturated heterocycles. The molecule has 0 saturated carbocycles. The molecule has 0 spiro atoms. The van der Waals surface area contributed by atoms with Gasteiger partial charge in [0, 0.05) is 40.2 Å². The molecular weight excluding hydrogens is 464 g/mol. The first kappa shape index (κ1) is 20.8. The zero-order valence-electron chi connectivity index (χ0n) is 14.8. The predicted molar refractivity (Wildman–Crippen MR) is 107 cm³/mol. The number of benzene rings is 2. The number of hydrogen-bond acceptors (Lipinski definition) is 4. The lowest BCUT2D eigenvalue weighted by atomic mass is 10.1. The van der Waals surface area contributed by atoms with Crippen molar-refractivity contribution in [2.45, 2.75) is 17.6 Å². The number of nitrogens with zero attached hydrogens (tertiary/aromatic N) is 3. The lowest BCUT2D eigenvalue weighted by Crippen LogP contribution is -2.08. The molecule has 0 amide bonds. The average molecular weight is 475 g/mol. The van der Waals surface area contributed by atoms with Gasteiger partial charge in [0.2, 0.25) is 5.13 Å². The van der Waals surface area contributed by atoms with Gasteiger partial charge in [-0.25, -0.2) is 13.6 Å². The third-order valence-electron chi connectivity index (χ3n) is 4.28. The molecule has 0 aliphatic heterocycles. The minimum Gasteiger partial charge on any atom is -0.343 e. The van der Waals surface area contributed by atoms with Gasteiger partial charge in [-0.2, -0.15) is 17.5 Å². The molecule has 4 rings (SSSR count). The summed E-state index contributed by atoms with van der Waals surface area (Å²) < 4.78 is 73.5. The molecule has 0 aliphatic carbocycles. The van der Waals surface area contributed by atoms with Crippen molar-refractivity contribution in [1.29, 1.82) is 0 Å². The van der Waals surface area contributed by atoms with E-state index in [-0.39, 0.29) is 21.6 Å². The minimum atomic E-state index is -4.43. The second kappa shape index (κ2) is 7.97. The Hall–Kier alpha value is -2.50. The number of anilines is 1. The van der Waals surface area contributed by atoms with Crippen LogP contribution in [0.3, 0.4) is 0 Å². The Labute approximate surface area is 179 Å². The van der Waals surface area contributed by atoms with Crippen molar-refractivity contribution in [1.82, 2.24) is 13.9 Å². The van der Waals surface area contributed by atoms with E-state index in [1.54, 1.807) is 16.8 Å². The Morgan fingerprint density at radius 1 is 1.20 bits per heavy atom. The van der Waals surface area contributed by atoms with Crippen molar-refractivity contribution in [2.24, 2.45) is 0 Å². The maximum Gasteiger partial charge on any atom is 0.416 e. The molecule has 5 nitrogen and oxygen atoms in total. The monoisotopic (exact) mass is 474 g/mol. The van der Waals surface area contributed by atoms with Crippen LogP contribution in [0, 0.1) is 5.82 Å². The summed E-state index contributed by atoms with van der Waals surface area (Å²) in [6.07, 6.45) is -1.56. The number of aromatic nitrogens is 3. The summed E-state index contributed by atoms with van der Waals surface area (Å²) in [7, 11) is -1.93. The van der Waals surface area contributed by atoms with Gasteiger partial charge in [0.05, 0.1) is 10.5 Å². The second-order valence-electron chi connectivity index (χ2n) is 6.21. The molecule has 2 heterocycles. The molecule has 2 aromatic heterocycles. The molecule has 1 unspecified atom stereocenters. The average Bonchev–Trinajstić information content (AvgIpc) is 3.33. The Morgan fingerprint density at radius 3 is 2.70 bits per heavy atom. The molecule has 0 bridgehead atoms. The molecule has 1 N–H and O–H groups in total. The number of halogens is 5. The second-order valence-corrected chi connectivity index (χ2v) is 8.57. The molecule has 0 fully saturated rings. The Kier molecular flexibility index (Phi) is 5.51. The van der Waals surface area contributed by atoms with Gasteiger partial charge in [0.15, 0.2) is 11.0 Å². The number of alkyl halides is 3. The topological polar surface area (TPSA) is 59.8 Å². The molecule has 12 heteroatoms. The van der Waals surface area contributed by atoms with Crippen molar-refractivity contribution in [3.63, 3.8) is 0 Å². The van der Waals surface area contributed by atoms with E-state index in [1.807, 2.05) is 0 Å². The van der Waals surface area contributed by atoms with Crippen LogP contribution in [0.2, 0.25) is 5.02 Å². The predicted octanol–water partition coefficient (Wildman–Crippen LogP) is 5.49. The molecular formula is C18H11ClF4N4OS2. The fourth-order valence-corrected chi connectivity index (χ4v) is 4.62. The van der Waals surface area contributed by atoms with Gasteiger partial charge >= 0.3 is 6.18 Å². The molecule has 2 aromatic carbocycles. The van der Waals surface area contributed by atoms with E-state index < -0.39 is 28.5 Å². The smallest absolute Gasteiger partial charge is 0.343 e. The van der Waals surface area contributed by atoms with Gasteiger partial charge in [0.1, 0.15) is 12.1 Å². The third-order valence-corrected chi connectivity index (χ3v) is 6.43. The van der Waals surface area contributed by atoms with E-state index in [0.29, 0.717) is 16.5 Å². The van der Waals surface area contributed by atoms with Crippen molar-refractivity contribution in [3.05, 3.63) is 70.9 Å². The van der Waals surface area contributed by atoms with Gasteiger partial charge in [-0.3, -0.25) is 4.72 Å². The third kappa shape index (κ3) is 4.18. The maximum atomic E-state index is 14.6. The molecule has 156 valence electrons. The van der Waals surface area contributed by atoms with Gasteiger partial charge in [-0.05, 0) is 42.0 Å². The molecule has 0 radical (unpaired) electrons. The van der Waals surface area contributed by atoms with Crippen LogP contribution < -0.4 is 4.72 Å². The highest BCUT2D eigenvalue weighted by Crippen LogP contribution is 2.32. The van der Waals surface area contributed by atoms with Crippen LogP contribution in [0.1, 0.15) is 11.1 Å². The van der Waals surface area contributed by atoms with Crippen LogP contribution in [0.4, 0.5) is 22.7 Å². The maximum absolute atomic E-state index is 14.6. The molecule has 30 heavy (non-hydrogen) atoms. The highest BCUT2D eigenvalue weighted by atomic mass is 35.5. The van der Waals surface area contributed by atoms with Crippen LogP contribution in [-0.4, -0.2) is 18.1 Å². The normalized spacial score (nSPS) is 13.0. The Bertz CT molecular complexity index is 1240. The van der Waals surface area contributed by atoms with Gasteiger partial charge in [-0.15, -0.1) is 0 Å². The lowest BCUT2D eigenvalue weighted by Gasteiger charge is -2.11. The highest BCUT2D eigenvalue weighted by molar-refractivity contribution is 7.86. The van der Waals surface area contributed by atoms with E-state index in [2.05, 4.69) is 14.1 Å². The Balaban J connectivity index is 1.61. The summed E-state index contributed by atoms with van der Waals surface area (Å²) in [5, 5.41) is 0.845. The molecule has 1 atom stereocenters. The van der Waals surface area contributed by atoms with Crippen molar-refractivity contribution < 1.29 is 21.8 Å². The summed E-state index contributed by atoms with van der Waals surface area (Å²) in [5.74, 6) is -0.736. The van der Waals surface area contributed by atoms with E-state index >= 15 is 0 Å². The quantitative estimate of drug-likeness (QED) is 0.389. The first-order valence-corrected chi connectivity index (χ1v) is 10.6. The minimum absolute atomic E-state index is 0.126. The van der Waals surface area contributed by atoms with Crippen LogP contribution in [0.5, 0.6) is 0 Å². The van der Waals surface area contributed by atoms with Gasteiger partial charge < -0.3 is 4.57 Å². The largest absolute Gasteiger partial charge is 0.416 e. The van der Waals surface area contributed by atoms with Gasteiger partial charge in [0.25, 0.3) is 0 Å². The first-order valence-electron chi connectivity index (χ1n) is 8.31. The molecule has 4 aromatic rings. The van der Waals surface area contributed by atoms with E-state index in [1.165, 1.54) is 18.5 Å². The first-order chi connectivity index (χ1) is 14.2.